The SMILES string of the molecule is CSc1cc(Nc2ccc3c(c2)C(C)N(Cc2ccc(C)c(C)c2)C3=O)ncn1. The monoisotopic (exact) mass is 404 g/mol. The molecular formula is C23H24N4OS. The molecule has 4 rings (SSSR count). The Kier molecular flexibility index (Phi) is 5.28. The van der Waals surface area contributed by atoms with Crippen molar-refractivity contribution in [3.63, 3.8) is 0 Å². The van der Waals surface area contributed by atoms with Crippen LogP contribution in [0.2, 0.25) is 0 Å². The van der Waals surface area contributed by atoms with Gasteiger partial charge in [0.1, 0.15) is 17.2 Å². The van der Waals surface area contributed by atoms with Gasteiger partial charge in [-0.15, -0.1) is 11.8 Å². The van der Waals surface area contributed by atoms with Crippen LogP contribution in [0, 0.1) is 13.8 Å². The summed E-state index contributed by atoms with van der Waals surface area (Å²) in [5.74, 6) is 0.831. The molecule has 29 heavy (non-hydrogen) atoms. The largest absolute Gasteiger partial charge is 0.340 e. The maximum absolute atomic E-state index is 13.0. The lowest BCUT2D eigenvalue weighted by molar-refractivity contribution is 0.0723. The molecule has 1 amide bonds. The van der Waals surface area contributed by atoms with Gasteiger partial charge in [-0.05, 0) is 67.5 Å². The van der Waals surface area contributed by atoms with Crippen LogP contribution < -0.4 is 5.32 Å². The molecule has 0 spiro atoms. The highest BCUT2D eigenvalue weighted by molar-refractivity contribution is 7.98. The van der Waals surface area contributed by atoms with Crippen molar-refractivity contribution in [2.24, 2.45) is 0 Å². The molecule has 148 valence electrons. The van der Waals surface area contributed by atoms with Crippen LogP contribution in [0.5, 0.6) is 0 Å². The molecule has 0 saturated carbocycles. The minimum absolute atomic E-state index is 0.0213. The van der Waals surface area contributed by atoms with E-state index in [1.807, 2.05) is 29.4 Å². The van der Waals surface area contributed by atoms with Crippen molar-refractivity contribution in [3.8, 4) is 0 Å². The standard InChI is InChI=1S/C23H24N4OS/c1-14-5-6-17(9-15(14)2)12-27-16(3)20-10-18(7-8-19(20)23(27)28)26-21-11-22(29-4)25-13-24-21/h5-11,13,16H,12H2,1-4H3,(H,24,25,26). The number of fused-ring (bicyclic) bond motifs is 1. The number of amides is 1. The fraction of sp³-hybridized carbons (Fsp3) is 0.261. The first-order chi connectivity index (χ1) is 14.0. The van der Waals surface area contributed by atoms with E-state index in [2.05, 4.69) is 60.3 Å². The molecule has 5 nitrogen and oxygen atoms in total. The van der Waals surface area contributed by atoms with Crippen LogP contribution in [0.25, 0.3) is 0 Å². The quantitative estimate of drug-likeness (QED) is 0.463. The number of carbonyl (C=O) groups is 1. The second-order valence-electron chi connectivity index (χ2n) is 7.40. The van der Waals surface area contributed by atoms with Crippen molar-refractivity contribution in [1.29, 1.82) is 0 Å². The highest BCUT2D eigenvalue weighted by atomic mass is 32.2. The predicted octanol–water partition coefficient (Wildman–Crippen LogP) is 5.28. The van der Waals surface area contributed by atoms with Crippen molar-refractivity contribution in [2.75, 3.05) is 11.6 Å². The van der Waals surface area contributed by atoms with Crippen LogP contribution in [0.3, 0.4) is 0 Å². The Labute approximate surface area is 175 Å². The number of nitrogens with one attached hydrogen (secondary N) is 1. The summed E-state index contributed by atoms with van der Waals surface area (Å²) in [4.78, 5) is 23.4. The lowest BCUT2D eigenvalue weighted by Gasteiger charge is -2.22. The van der Waals surface area contributed by atoms with Gasteiger partial charge in [0, 0.05) is 23.9 Å². The van der Waals surface area contributed by atoms with Gasteiger partial charge in [-0.1, -0.05) is 18.2 Å². The van der Waals surface area contributed by atoms with Gasteiger partial charge in [-0.3, -0.25) is 4.79 Å². The number of benzene rings is 2. The maximum Gasteiger partial charge on any atom is 0.255 e. The first-order valence-electron chi connectivity index (χ1n) is 9.60. The minimum Gasteiger partial charge on any atom is -0.340 e. The number of carbonyl (C=O) groups excluding carboxylic acids is 1. The third kappa shape index (κ3) is 3.85. The van der Waals surface area contributed by atoms with Gasteiger partial charge >= 0.3 is 0 Å². The molecule has 0 fully saturated rings. The summed E-state index contributed by atoms with van der Waals surface area (Å²) in [7, 11) is 0. The van der Waals surface area contributed by atoms with Crippen LogP contribution in [-0.2, 0) is 6.54 Å². The van der Waals surface area contributed by atoms with Gasteiger partial charge in [-0.25, -0.2) is 9.97 Å². The van der Waals surface area contributed by atoms with Crippen LogP contribution in [0.1, 0.15) is 45.6 Å². The Balaban J connectivity index is 1.57. The summed E-state index contributed by atoms with van der Waals surface area (Å²) in [5, 5.41) is 4.24. The second-order valence-corrected chi connectivity index (χ2v) is 8.23. The van der Waals surface area contributed by atoms with Crippen molar-refractivity contribution in [2.45, 2.75) is 38.4 Å². The molecule has 0 radical (unpaired) electrons. The highest BCUT2D eigenvalue weighted by Gasteiger charge is 2.33. The molecule has 1 aliphatic heterocycles. The van der Waals surface area contributed by atoms with E-state index < -0.39 is 0 Å². The molecule has 1 unspecified atom stereocenters. The molecule has 0 aliphatic carbocycles. The van der Waals surface area contributed by atoms with Crippen LogP contribution in [0.15, 0.2) is 53.8 Å². The highest BCUT2D eigenvalue weighted by Crippen LogP contribution is 2.36. The molecule has 1 aromatic heterocycles. The molecule has 1 N–H and O–H groups in total. The Bertz CT molecular complexity index is 1080. The zero-order chi connectivity index (χ0) is 20.5. The number of aromatic nitrogens is 2. The van der Waals surface area contributed by atoms with Gasteiger partial charge in [-0.2, -0.15) is 0 Å². The second kappa shape index (κ2) is 7.87. The fourth-order valence-electron chi connectivity index (χ4n) is 3.65. The summed E-state index contributed by atoms with van der Waals surface area (Å²) in [6, 6.07) is 14.2. The van der Waals surface area contributed by atoms with E-state index in [9.17, 15) is 4.79 Å². The molecule has 2 aromatic carbocycles. The molecule has 6 heteroatoms. The summed E-state index contributed by atoms with van der Waals surface area (Å²) in [5.41, 5.74) is 6.41. The van der Waals surface area contributed by atoms with Crippen molar-refractivity contribution >= 4 is 29.2 Å². The summed E-state index contributed by atoms with van der Waals surface area (Å²) < 4.78 is 0. The molecule has 3 aromatic rings. The molecule has 0 bridgehead atoms. The van der Waals surface area contributed by atoms with Gasteiger partial charge < -0.3 is 10.2 Å². The molecule has 0 saturated heterocycles. The third-order valence-electron chi connectivity index (χ3n) is 5.51. The Hall–Kier alpha value is -2.86. The van der Waals surface area contributed by atoms with Crippen LogP contribution in [0.4, 0.5) is 11.5 Å². The number of hydrogen-bond acceptors (Lipinski definition) is 5. The lowest BCUT2D eigenvalue weighted by atomic mass is 10.0. The van der Waals surface area contributed by atoms with E-state index in [0.29, 0.717) is 6.54 Å². The van der Waals surface area contributed by atoms with Gasteiger partial charge in [0.05, 0.1) is 6.04 Å². The van der Waals surface area contributed by atoms with Crippen LogP contribution in [-0.4, -0.2) is 27.0 Å². The number of rotatable bonds is 5. The Morgan fingerprint density at radius 2 is 1.90 bits per heavy atom. The van der Waals surface area contributed by atoms with E-state index in [4.69, 9.17) is 0 Å². The Morgan fingerprint density at radius 3 is 2.66 bits per heavy atom. The number of thioether (sulfide) groups is 1. The molecule has 1 atom stereocenters. The summed E-state index contributed by atoms with van der Waals surface area (Å²) in [6.07, 6.45) is 3.54. The van der Waals surface area contributed by atoms with Crippen LogP contribution >= 0.6 is 11.8 Å². The van der Waals surface area contributed by atoms with Crippen molar-refractivity contribution < 1.29 is 4.79 Å². The van der Waals surface area contributed by atoms with E-state index in [0.717, 1.165) is 33.2 Å². The lowest BCUT2D eigenvalue weighted by Crippen LogP contribution is -2.26. The zero-order valence-corrected chi connectivity index (χ0v) is 17.9. The van der Waals surface area contributed by atoms with E-state index >= 15 is 0 Å². The van der Waals surface area contributed by atoms with Crippen molar-refractivity contribution in [1.82, 2.24) is 14.9 Å². The zero-order valence-electron chi connectivity index (χ0n) is 17.1. The topological polar surface area (TPSA) is 58.1 Å². The summed E-state index contributed by atoms with van der Waals surface area (Å²) in [6.45, 7) is 6.91. The first kappa shape index (κ1) is 19.5. The summed E-state index contributed by atoms with van der Waals surface area (Å²) >= 11 is 1.57. The van der Waals surface area contributed by atoms with Gasteiger partial charge in [0.2, 0.25) is 0 Å². The molecule has 2 heterocycles. The average Bonchev–Trinajstić information content (AvgIpc) is 2.95. The number of anilines is 2. The fourth-order valence-corrected chi connectivity index (χ4v) is 4.04. The normalized spacial score (nSPS) is 15.5. The van der Waals surface area contributed by atoms with E-state index in [-0.39, 0.29) is 11.9 Å². The maximum atomic E-state index is 13.0. The third-order valence-corrected chi connectivity index (χ3v) is 6.15. The molecule has 1 aliphatic rings. The average molecular weight is 405 g/mol. The van der Waals surface area contributed by atoms with E-state index in [1.54, 1.807) is 18.1 Å². The van der Waals surface area contributed by atoms with Gasteiger partial charge in [0.15, 0.2) is 0 Å². The minimum atomic E-state index is 0.0213. The van der Waals surface area contributed by atoms with E-state index in [1.165, 1.54) is 11.1 Å². The number of aryl methyl sites for hydroxylation is 2. The molecular weight excluding hydrogens is 380 g/mol. The first-order valence-corrected chi connectivity index (χ1v) is 10.8. The number of nitrogens with zero attached hydrogens (tertiary/aromatic N) is 3. The van der Waals surface area contributed by atoms with Gasteiger partial charge in [0.25, 0.3) is 5.91 Å². The smallest absolute Gasteiger partial charge is 0.255 e. The Morgan fingerprint density at radius 1 is 1.07 bits per heavy atom. The van der Waals surface area contributed by atoms with Crippen molar-refractivity contribution in [3.05, 3.63) is 76.6 Å². The number of hydrogen-bond donors (Lipinski definition) is 1. The predicted molar refractivity (Wildman–Crippen MR) is 118 cm³/mol.